The third kappa shape index (κ3) is 4.03. The molecule has 2 aromatic carbocycles. The lowest BCUT2D eigenvalue weighted by molar-refractivity contribution is -0.384. The van der Waals surface area contributed by atoms with Crippen LogP contribution in [-0.2, 0) is 18.0 Å². The van der Waals surface area contributed by atoms with E-state index in [1.54, 1.807) is 0 Å². The van der Waals surface area contributed by atoms with Crippen LogP contribution in [0.15, 0.2) is 46.9 Å². The second-order valence-electron chi connectivity index (χ2n) is 4.16. The van der Waals surface area contributed by atoms with Crippen LogP contribution in [0.4, 0.5) is 5.69 Å². The van der Waals surface area contributed by atoms with Gasteiger partial charge in [0.2, 0.25) is 0 Å². The number of halogens is 2. The van der Waals surface area contributed by atoms with Crippen molar-refractivity contribution in [1.29, 1.82) is 0 Å². The molecule has 0 spiro atoms. The third-order valence-corrected chi connectivity index (χ3v) is 3.52. The molecule has 0 aliphatic rings. The van der Waals surface area contributed by atoms with E-state index in [2.05, 4.69) is 15.9 Å². The minimum Gasteiger partial charge on any atom is -0.372 e. The zero-order valence-electron chi connectivity index (χ0n) is 10.4. The number of hydrogen-bond acceptors (Lipinski definition) is 3. The van der Waals surface area contributed by atoms with Gasteiger partial charge in [-0.1, -0.05) is 39.7 Å². The molecule has 0 bridgehead atoms. The van der Waals surface area contributed by atoms with E-state index in [-0.39, 0.29) is 12.3 Å². The Bertz CT molecular complexity index is 634. The molecule has 0 fully saturated rings. The number of nitro benzene ring substituents is 1. The molecular weight excluding hydrogens is 346 g/mol. The predicted octanol–water partition coefficient (Wildman–Crippen LogP) is 4.73. The van der Waals surface area contributed by atoms with Gasteiger partial charge in [-0.05, 0) is 23.8 Å². The monoisotopic (exact) mass is 355 g/mol. The van der Waals surface area contributed by atoms with Gasteiger partial charge in [-0.15, -0.1) is 0 Å². The number of rotatable bonds is 5. The molecule has 20 heavy (non-hydrogen) atoms. The lowest BCUT2D eigenvalue weighted by atomic mass is 10.2. The zero-order chi connectivity index (χ0) is 14.5. The normalized spacial score (nSPS) is 10.5. The van der Waals surface area contributed by atoms with Crippen LogP contribution in [0.2, 0.25) is 5.02 Å². The molecule has 0 unspecified atom stereocenters. The molecule has 4 nitrogen and oxygen atoms in total. The average Bonchev–Trinajstić information content (AvgIpc) is 2.40. The zero-order valence-corrected chi connectivity index (χ0v) is 12.7. The summed E-state index contributed by atoms with van der Waals surface area (Å²) in [5.74, 6) is 0. The molecule has 2 rings (SSSR count). The third-order valence-electron chi connectivity index (χ3n) is 2.66. The van der Waals surface area contributed by atoms with Gasteiger partial charge < -0.3 is 4.74 Å². The number of ether oxygens (including phenoxy) is 1. The molecule has 0 N–H and O–H groups in total. The van der Waals surface area contributed by atoms with Gasteiger partial charge in [0.25, 0.3) is 5.69 Å². The second-order valence-corrected chi connectivity index (χ2v) is 5.48. The number of nitro groups is 1. The summed E-state index contributed by atoms with van der Waals surface area (Å²) in [4.78, 5) is 10.3. The molecule has 0 saturated heterocycles. The second kappa shape index (κ2) is 6.83. The van der Waals surface area contributed by atoms with E-state index in [1.165, 1.54) is 18.2 Å². The van der Waals surface area contributed by atoms with Gasteiger partial charge in [0, 0.05) is 27.2 Å². The maximum absolute atomic E-state index is 10.7. The summed E-state index contributed by atoms with van der Waals surface area (Å²) in [5.41, 5.74) is 1.63. The Hall–Kier alpha value is -1.43. The van der Waals surface area contributed by atoms with Crippen LogP contribution in [0, 0.1) is 10.1 Å². The van der Waals surface area contributed by atoms with E-state index in [0.29, 0.717) is 17.2 Å². The molecular formula is C14H11BrClNO3. The first kappa shape index (κ1) is 15.0. The molecule has 0 aliphatic heterocycles. The van der Waals surface area contributed by atoms with E-state index in [1.807, 2.05) is 24.3 Å². The van der Waals surface area contributed by atoms with Crippen LogP contribution < -0.4 is 0 Å². The largest absolute Gasteiger partial charge is 0.372 e. The summed E-state index contributed by atoms with van der Waals surface area (Å²) in [6.45, 7) is 0.644. The Morgan fingerprint density at radius 3 is 2.70 bits per heavy atom. The topological polar surface area (TPSA) is 52.4 Å². The van der Waals surface area contributed by atoms with Crippen molar-refractivity contribution in [2.75, 3.05) is 0 Å². The first-order valence-corrected chi connectivity index (χ1v) is 6.98. The first-order chi connectivity index (χ1) is 9.56. The minimum absolute atomic E-state index is 0.00968. The van der Waals surface area contributed by atoms with E-state index in [9.17, 15) is 10.1 Å². The molecule has 0 radical (unpaired) electrons. The maximum Gasteiger partial charge on any atom is 0.269 e. The highest BCUT2D eigenvalue weighted by atomic mass is 79.9. The quantitative estimate of drug-likeness (QED) is 0.575. The summed E-state index contributed by atoms with van der Waals surface area (Å²) >= 11 is 9.38. The predicted molar refractivity (Wildman–Crippen MR) is 80.7 cm³/mol. The van der Waals surface area contributed by atoms with E-state index < -0.39 is 4.92 Å². The van der Waals surface area contributed by atoms with Crippen molar-refractivity contribution >= 4 is 33.2 Å². The Morgan fingerprint density at radius 1 is 1.20 bits per heavy atom. The molecule has 0 saturated carbocycles. The van der Waals surface area contributed by atoms with Crippen LogP contribution in [0.1, 0.15) is 11.1 Å². The Kier molecular flexibility index (Phi) is 5.11. The van der Waals surface area contributed by atoms with E-state index >= 15 is 0 Å². The molecule has 0 aromatic heterocycles. The summed E-state index contributed by atoms with van der Waals surface area (Å²) in [5, 5.41) is 11.2. The number of benzene rings is 2. The standard InChI is InChI=1S/C14H11BrClNO3/c15-12-3-1-2-10(6-12)8-20-9-11-7-13(17(18)19)4-5-14(11)16/h1-7H,8-9H2. The van der Waals surface area contributed by atoms with Gasteiger partial charge in [-0.25, -0.2) is 0 Å². The number of non-ortho nitro benzene ring substituents is 1. The van der Waals surface area contributed by atoms with Crippen LogP contribution in [0.3, 0.4) is 0 Å². The Morgan fingerprint density at radius 2 is 2.00 bits per heavy atom. The van der Waals surface area contributed by atoms with Gasteiger partial charge in [0.15, 0.2) is 0 Å². The summed E-state index contributed by atoms with van der Waals surface area (Å²) in [7, 11) is 0. The van der Waals surface area contributed by atoms with Crippen molar-refractivity contribution in [3.05, 3.63) is 73.2 Å². The molecule has 0 aliphatic carbocycles. The molecule has 2 aromatic rings. The van der Waals surface area contributed by atoms with Gasteiger partial charge in [-0.3, -0.25) is 10.1 Å². The number of nitrogens with zero attached hydrogens (tertiary/aromatic N) is 1. The van der Waals surface area contributed by atoms with Crippen molar-refractivity contribution in [3.63, 3.8) is 0 Å². The lowest BCUT2D eigenvalue weighted by Crippen LogP contribution is -1.97. The fourth-order valence-corrected chi connectivity index (χ4v) is 2.31. The smallest absolute Gasteiger partial charge is 0.269 e. The van der Waals surface area contributed by atoms with Gasteiger partial charge >= 0.3 is 0 Å². The Balaban J connectivity index is 2.00. The highest BCUT2D eigenvalue weighted by Crippen LogP contribution is 2.23. The lowest BCUT2D eigenvalue weighted by Gasteiger charge is -2.07. The molecule has 0 heterocycles. The highest BCUT2D eigenvalue weighted by molar-refractivity contribution is 9.10. The van der Waals surface area contributed by atoms with Crippen molar-refractivity contribution < 1.29 is 9.66 Å². The average molecular weight is 357 g/mol. The van der Waals surface area contributed by atoms with Crippen molar-refractivity contribution in [2.45, 2.75) is 13.2 Å². The van der Waals surface area contributed by atoms with Crippen molar-refractivity contribution in [3.8, 4) is 0 Å². The maximum atomic E-state index is 10.7. The van der Waals surface area contributed by atoms with Gasteiger partial charge in [0.1, 0.15) is 0 Å². The van der Waals surface area contributed by atoms with Gasteiger partial charge in [0.05, 0.1) is 18.1 Å². The minimum atomic E-state index is -0.450. The highest BCUT2D eigenvalue weighted by Gasteiger charge is 2.09. The fourth-order valence-electron chi connectivity index (χ4n) is 1.69. The number of hydrogen-bond donors (Lipinski definition) is 0. The summed E-state index contributed by atoms with van der Waals surface area (Å²) in [6, 6.07) is 12.1. The van der Waals surface area contributed by atoms with E-state index in [0.717, 1.165) is 10.0 Å². The molecule has 104 valence electrons. The first-order valence-electron chi connectivity index (χ1n) is 5.81. The summed E-state index contributed by atoms with van der Waals surface area (Å²) in [6.07, 6.45) is 0. The van der Waals surface area contributed by atoms with Crippen LogP contribution in [-0.4, -0.2) is 4.92 Å². The van der Waals surface area contributed by atoms with Crippen molar-refractivity contribution in [2.24, 2.45) is 0 Å². The SMILES string of the molecule is O=[N+]([O-])c1ccc(Cl)c(COCc2cccc(Br)c2)c1. The molecule has 6 heteroatoms. The molecule has 0 atom stereocenters. The van der Waals surface area contributed by atoms with Crippen LogP contribution in [0.25, 0.3) is 0 Å². The van der Waals surface area contributed by atoms with Crippen molar-refractivity contribution in [1.82, 2.24) is 0 Å². The van der Waals surface area contributed by atoms with E-state index in [4.69, 9.17) is 16.3 Å². The molecule has 0 amide bonds. The van der Waals surface area contributed by atoms with Crippen LogP contribution in [0.5, 0.6) is 0 Å². The Labute approximate surface area is 129 Å². The van der Waals surface area contributed by atoms with Crippen LogP contribution >= 0.6 is 27.5 Å². The van der Waals surface area contributed by atoms with Gasteiger partial charge in [-0.2, -0.15) is 0 Å². The summed E-state index contributed by atoms with van der Waals surface area (Å²) < 4.78 is 6.53. The fraction of sp³-hybridized carbons (Fsp3) is 0.143.